The van der Waals surface area contributed by atoms with Crippen LogP contribution in [0.15, 0.2) is 24.3 Å². The lowest BCUT2D eigenvalue weighted by Crippen LogP contribution is -2.41. The molecule has 2 aliphatic rings. The predicted molar refractivity (Wildman–Crippen MR) is 77.4 cm³/mol. The summed E-state index contributed by atoms with van der Waals surface area (Å²) < 4.78 is 0. The second-order valence-electron chi connectivity index (χ2n) is 6.32. The van der Waals surface area contributed by atoms with E-state index >= 15 is 0 Å². The smallest absolute Gasteiger partial charge is 0.285 e. The highest BCUT2D eigenvalue weighted by molar-refractivity contribution is 6.20. The highest BCUT2D eigenvalue weighted by Crippen LogP contribution is 2.54. The number of nitrogens with two attached hydrogens (primary N) is 1. The van der Waals surface area contributed by atoms with Gasteiger partial charge in [0.2, 0.25) is 0 Å². The van der Waals surface area contributed by atoms with E-state index in [9.17, 15) is 9.59 Å². The van der Waals surface area contributed by atoms with Crippen LogP contribution in [0.4, 0.5) is 0 Å². The summed E-state index contributed by atoms with van der Waals surface area (Å²) in [5.41, 5.74) is 6.26. The minimum atomic E-state index is -0.512. The molecule has 0 aromatic heterocycles. The highest BCUT2D eigenvalue weighted by atomic mass is 16.7. The van der Waals surface area contributed by atoms with Crippen molar-refractivity contribution >= 4 is 11.8 Å². The van der Waals surface area contributed by atoms with Crippen molar-refractivity contribution in [2.75, 3.05) is 0 Å². The Morgan fingerprint density at radius 2 is 1.71 bits per heavy atom. The van der Waals surface area contributed by atoms with Crippen LogP contribution in [0.5, 0.6) is 0 Å². The van der Waals surface area contributed by atoms with Crippen LogP contribution in [-0.4, -0.2) is 28.5 Å². The van der Waals surface area contributed by atoms with E-state index in [0.29, 0.717) is 11.1 Å². The number of rotatable bonds is 4. The number of carbonyl (C=O) groups is 2. The maximum Gasteiger partial charge on any atom is 0.285 e. The van der Waals surface area contributed by atoms with Crippen molar-refractivity contribution in [1.29, 1.82) is 0 Å². The second kappa shape index (κ2) is 4.64. The Morgan fingerprint density at radius 3 is 2.10 bits per heavy atom. The fourth-order valence-electron chi connectivity index (χ4n) is 3.21. The molecule has 5 heteroatoms. The lowest BCUT2D eigenvalue weighted by molar-refractivity contribution is -0.167. The summed E-state index contributed by atoms with van der Waals surface area (Å²) in [6.45, 7) is 5.99. The van der Waals surface area contributed by atoms with E-state index in [4.69, 9.17) is 10.6 Å². The van der Waals surface area contributed by atoms with Crippen LogP contribution in [0.1, 0.15) is 47.9 Å². The summed E-state index contributed by atoms with van der Waals surface area (Å²) in [6.07, 6.45) is 0.774. The van der Waals surface area contributed by atoms with Gasteiger partial charge in [0.1, 0.15) is 5.60 Å². The monoisotopic (exact) mass is 288 g/mol. The number of benzene rings is 1. The summed E-state index contributed by atoms with van der Waals surface area (Å²) in [7, 11) is 0. The van der Waals surface area contributed by atoms with E-state index in [0.717, 1.165) is 11.5 Å². The van der Waals surface area contributed by atoms with Gasteiger partial charge in [0.25, 0.3) is 11.8 Å². The van der Waals surface area contributed by atoms with Gasteiger partial charge in [0.15, 0.2) is 0 Å². The number of carbonyl (C=O) groups excluding carboxylic acids is 2. The van der Waals surface area contributed by atoms with Crippen LogP contribution in [0.3, 0.4) is 0 Å². The zero-order valence-corrected chi connectivity index (χ0v) is 12.5. The summed E-state index contributed by atoms with van der Waals surface area (Å²) >= 11 is 0. The van der Waals surface area contributed by atoms with Gasteiger partial charge in [-0.25, -0.2) is 0 Å². The lowest BCUT2D eigenvalue weighted by atomic mass is 10.0. The maximum atomic E-state index is 12.4. The normalized spacial score (nSPS) is 29.0. The molecule has 1 aromatic rings. The molecule has 3 atom stereocenters. The number of amides is 2. The standard InChI is InChI=1S/C16H20N2O3/c1-9(2)16(8-13(16)10(3)17)21-18-14(19)11-6-4-5-7-12(11)15(18)20/h4-7,9-10,13H,8,17H2,1-3H3. The van der Waals surface area contributed by atoms with Crippen molar-refractivity contribution in [3.63, 3.8) is 0 Å². The molecule has 5 nitrogen and oxygen atoms in total. The third-order valence-electron chi connectivity index (χ3n) is 4.64. The van der Waals surface area contributed by atoms with Gasteiger partial charge >= 0.3 is 0 Å². The predicted octanol–water partition coefficient (Wildman–Crippen LogP) is 1.98. The zero-order valence-electron chi connectivity index (χ0n) is 12.5. The third-order valence-corrected chi connectivity index (χ3v) is 4.64. The summed E-state index contributed by atoms with van der Waals surface area (Å²) in [5.74, 6) is -0.420. The largest absolute Gasteiger partial charge is 0.328 e. The molecule has 3 rings (SSSR count). The molecule has 2 N–H and O–H groups in total. The van der Waals surface area contributed by atoms with Gasteiger partial charge in [0, 0.05) is 12.0 Å². The Bertz CT molecular complexity index is 576. The molecule has 1 aliphatic heterocycles. The van der Waals surface area contributed by atoms with E-state index in [-0.39, 0.29) is 29.7 Å². The second-order valence-corrected chi connectivity index (χ2v) is 6.32. The van der Waals surface area contributed by atoms with Crippen molar-refractivity contribution in [1.82, 2.24) is 5.06 Å². The van der Waals surface area contributed by atoms with E-state index in [1.807, 2.05) is 20.8 Å². The van der Waals surface area contributed by atoms with Gasteiger partial charge in [-0.1, -0.05) is 26.0 Å². The first kappa shape index (κ1) is 14.2. The molecular weight excluding hydrogens is 268 g/mol. The third kappa shape index (κ3) is 2.00. The Morgan fingerprint density at radius 1 is 1.19 bits per heavy atom. The number of imide groups is 1. The fourth-order valence-corrected chi connectivity index (χ4v) is 3.21. The van der Waals surface area contributed by atoms with Gasteiger partial charge < -0.3 is 5.73 Å². The first-order valence-electron chi connectivity index (χ1n) is 7.31. The molecule has 1 fully saturated rings. The molecule has 0 bridgehead atoms. The molecule has 0 saturated heterocycles. The van der Waals surface area contributed by atoms with Crippen LogP contribution < -0.4 is 5.73 Å². The van der Waals surface area contributed by atoms with Gasteiger partial charge in [-0.05, 0) is 31.4 Å². The first-order valence-corrected chi connectivity index (χ1v) is 7.31. The molecule has 3 unspecified atom stereocenters. The van der Waals surface area contributed by atoms with Gasteiger partial charge in [-0.15, -0.1) is 5.06 Å². The molecule has 0 spiro atoms. The molecular formula is C16H20N2O3. The van der Waals surface area contributed by atoms with Crippen LogP contribution >= 0.6 is 0 Å². The topological polar surface area (TPSA) is 72.6 Å². The average molecular weight is 288 g/mol. The Labute approximate surface area is 124 Å². The number of fused-ring (bicyclic) bond motifs is 1. The SMILES string of the molecule is CC(N)C1CC1(ON1C(=O)c2ccccc2C1=O)C(C)C. The van der Waals surface area contributed by atoms with Crippen LogP contribution in [-0.2, 0) is 4.84 Å². The van der Waals surface area contributed by atoms with Crippen molar-refractivity contribution in [2.24, 2.45) is 17.6 Å². The highest BCUT2D eigenvalue weighted by Gasteiger charge is 2.62. The van der Waals surface area contributed by atoms with Crippen LogP contribution in [0, 0.1) is 11.8 Å². The molecule has 112 valence electrons. The molecule has 1 heterocycles. The fraction of sp³-hybridized carbons (Fsp3) is 0.500. The molecule has 21 heavy (non-hydrogen) atoms. The van der Waals surface area contributed by atoms with Crippen molar-refractivity contribution in [3.8, 4) is 0 Å². The average Bonchev–Trinajstić information content (AvgIpc) is 3.14. The van der Waals surface area contributed by atoms with E-state index in [2.05, 4.69) is 0 Å². The summed E-state index contributed by atoms with van der Waals surface area (Å²) in [5, 5.41) is 0.924. The number of hydrogen-bond donors (Lipinski definition) is 1. The van der Waals surface area contributed by atoms with E-state index in [1.165, 1.54) is 0 Å². The lowest BCUT2D eigenvalue weighted by Gasteiger charge is -2.27. The molecule has 1 aromatic carbocycles. The molecule has 0 radical (unpaired) electrons. The Kier molecular flexibility index (Phi) is 3.15. The minimum absolute atomic E-state index is 0.0254. The molecule has 1 saturated carbocycles. The minimum Gasteiger partial charge on any atom is -0.328 e. The first-order chi connectivity index (χ1) is 9.88. The maximum absolute atomic E-state index is 12.4. The molecule has 2 amide bonds. The van der Waals surface area contributed by atoms with Gasteiger partial charge in [-0.3, -0.25) is 14.4 Å². The quantitative estimate of drug-likeness (QED) is 0.860. The van der Waals surface area contributed by atoms with E-state index < -0.39 is 5.60 Å². The Hall–Kier alpha value is -1.72. The Balaban J connectivity index is 1.87. The zero-order chi connectivity index (χ0) is 15.4. The summed E-state index contributed by atoms with van der Waals surface area (Å²) in [6, 6.07) is 6.76. The van der Waals surface area contributed by atoms with Crippen molar-refractivity contribution < 1.29 is 14.4 Å². The molecule has 1 aliphatic carbocycles. The van der Waals surface area contributed by atoms with Crippen molar-refractivity contribution in [3.05, 3.63) is 35.4 Å². The van der Waals surface area contributed by atoms with E-state index in [1.54, 1.807) is 24.3 Å². The number of hydroxylamine groups is 2. The number of nitrogens with zero attached hydrogens (tertiary/aromatic N) is 1. The van der Waals surface area contributed by atoms with Gasteiger partial charge in [-0.2, -0.15) is 0 Å². The van der Waals surface area contributed by atoms with Crippen molar-refractivity contribution in [2.45, 2.75) is 38.8 Å². The van der Waals surface area contributed by atoms with Crippen LogP contribution in [0.25, 0.3) is 0 Å². The summed E-state index contributed by atoms with van der Waals surface area (Å²) in [4.78, 5) is 30.6. The number of hydrogen-bond acceptors (Lipinski definition) is 4. The van der Waals surface area contributed by atoms with Crippen LogP contribution in [0.2, 0.25) is 0 Å². The van der Waals surface area contributed by atoms with Gasteiger partial charge in [0.05, 0.1) is 11.1 Å².